The maximum Gasteiger partial charge on any atom is 0.131 e. The quantitative estimate of drug-likeness (QED) is 0.705. The smallest absolute Gasteiger partial charge is 0.131 e. The number of rotatable bonds is 0. The van der Waals surface area contributed by atoms with Crippen molar-refractivity contribution in [1.82, 2.24) is 0 Å². The lowest BCUT2D eigenvalue weighted by Crippen LogP contribution is -2.41. The molecule has 0 amide bonds. The topological polar surface area (TPSA) is 118 Å². The van der Waals surface area contributed by atoms with E-state index in [4.69, 9.17) is 13.3 Å². The van der Waals surface area contributed by atoms with Crippen molar-refractivity contribution < 1.29 is 24.8 Å². The second-order valence-electron chi connectivity index (χ2n) is 5.79. The fourth-order valence-corrected chi connectivity index (χ4v) is 2.02. The predicted octanol–water partition coefficient (Wildman–Crippen LogP) is 1.97. The molecule has 0 aliphatic rings. The molecule has 0 spiro atoms. The molecule has 0 unspecified atom stereocenters. The van der Waals surface area contributed by atoms with Crippen molar-refractivity contribution in [1.29, 1.82) is 0 Å². The van der Waals surface area contributed by atoms with Crippen LogP contribution in [0.25, 0.3) is 0 Å². The molecule has 0 saturated carbocycles. The van der Waals surface area contributed by atoms with Crippen LogP contribution in [0, 0.1) is 41.5 Å². The average Bonchev–Trinajstić information content (AvgIpc) is 2.51. The summed E-state index contributed by atoms with van der Waals surface area (Å²) < 4.78 is 25.3. The summed E-state index contributed by atoms with van der Waals surface area (Å²) in [5.41, 5.74) is 18.2. The number of hydrogen-bond acceptors (Lipinski definition) is 3. The molecule has 0 atom stereocenters. The molecular weight excluding hydrogens is 324 g/mol. The van der Waals surface area contributed by atoms with Crippen molar-refractivity contribution in [3.63, 3.8) is 0 Å². The first kappa shape index (κ1) is 22.4. The Morgan fingerprint density at radius 3 is 1.12 bits per heavy atom. The van der Waals surface area contributed by atoms with Crippen LogP contribution in [0.2, 0.25) is 0 Å². The average molecular weight is 353 g/mol. The Labute approximate surface area is 147 Å². The van der Waals surface area contributed by atoms with Crippen molar-refractivity contribution in [3.8, 4) is 0 Å². The van der Waals surface area contributed by atoms with Gasteiger partial charge in [0.05, 0.1) is 0 Å². The van der Waals surface area contributed by atoms with Gasteiger partial charge >= 0.3 is 0 Å². The molecule has 0 aromatic heterocycles. The Hall–Kier alpha value is -1.57. The minimum absolute atomic E-state index is 1.14. The monoisotopic (exact) mass is 352 g/mol. The molecule has 0 aliphatic heterocycles. The molecule has 2 aromatic carbocycles. The fraction of sp³-hybridized carbons (Fsp3) is 0.333. The van der Waals surface area contributed by atoms with Crippen LogP contribution in [0.4, 0.5) is 11.4 Å². The van der Waals surface area contributed by atoms with E-state index in [9.17, 15) is 0 Å². The van der Waals surface area contributed by atoms with Crippen LogP contribution in [-0.2, 0) is 11.4 Å². The van der Waals surface area contributed by atoms with Gasteiger partial charge in [-0.3, -0.25) is 4.21 Å². The third kappa shape index (κ3) is 7.33. The maximum atomic E-state index is 8.44. The highest BCUT2D eigenvalue weighted by Crippen LogP contribution is 2.17. The van der Waals surface area contributed by atoms with E-state index in [1.807, 2.05) is 0 Å². The summed E-state index contributed by atoms with van der Waals surface area (Å²) in [5.74, 6) is 0. The molecule has 0 bridgehead atoms. The lowest BCUT2D eigenvalue weighted by molar-refractivity contribution is -0.256. The molecule has 0 fully saturated rings. The summed E-state index contributed by atoms with van der Waals surface area (Å²) in [5, 5.41) is 0. The molecule has 6 N–H and O–H groups in total. The Balaban J connectivity index is 0.000000363. The van der Waals surface area contributed by atoms with Gasteiger partial charge in [-0.15, -0.1) is 11.4 Å². The minimum atomic E-state index is -3.11. The Morgan fingerprint density at radius 1 is 0.667 bits per heavy atom. The Kier molecular flexibility index (Phi) is 9.65. The zero-order valence-corrected chi connectivity index (χ0v) is 16.2. The van der Waals surface area contributed by atoms with Crippen LogP contribution in [-0.4, -0.2) is 13.3 Å². The summed E-state index contributed by atoms with van der Waals surface area (Å²) in [4.78, 5) is 0. The molecule has 5 nitrogen and oxygen atoms in total. The first-order chi connectivity index (χ1) is 11.0. The summed E-state index contributed by atoms with van der Waals surface area (Å²) in [7, 11) is 0. The molecule has 134 valence electrons. The van der Waals surface area contributed by atoms with Crippen LogP contribution < -0.4 is 11.5 Å². The molecule has 0 saturated heterocycles. The van der Waals surface area contributed by atoms with Gasteiger partial charge in [-0.1, -0.05) is 12.1 Å². The van der Waals surface area contributed by atoms with Crippen molar-refractivity contribution in [2.75, 3.05) is 0 Å². The number of benzene rings is 2. The highest BCUT2D eigenvalue weighted by Gasteiger charge is 2.02. The molecule has 0 aliphatic carbocycles. The molecule has 6 heteroatoms. The molecule has 2 aromatic rings. The number of quaternary nitrogens is 2. The molecular formula is C18H28N2O3S. The van der Waals surface area contributed by atoms with Gasteiger partial charge in [0.15, 0.2) is 0 Å². The zero-order chi connectivity index (χ0) is 19.0. The van der Waals surface area contributed by atoms with Crippen molar-refractivity contribution in [2.45, 2.75) is 41.5 Å². The fourth-order valence-electron chi connectivity index (χ4n) is 2.02. The van der Waals surface area contributed by atoms with Crippen LogP contribution in [0.3, 0.4) is 0 Å². The van der Waals surface area contributed by atoms with E-state index in [1.165, 1.54) is 33.4 Å². The van der Waals surface area contributed by atoms with Gasteiger partial charge < -0.3 is 20.6 Å². The lowest BCUT2D eigenvalue weighted by Gasteiger charge is -2.03. The first-order valence-electron chi connectivity index (χ1n) is 7.53. The van der Waals surface area contributed by atoms with Gasteiger partial charge in [-0.2, -0.15) is 0 Å². The Bertz CT molecular complexity index is 602. The zero-order valence-electron chi connectivity index (χ0n) is 15.4. The van der Waals surface area contributed by atoms with Gasteiger partial charge in [-0.25, -0.2) is 0 Å². The van der Waals surface area contributed by atoms with E-state index < -0.39 is 11.4 Å². The van der Waals surface area contributed by atoms with Gasteiger partial charge in [0.25, 0.3) is 0 Å². The summed E-state index contributed by atoms with van der Waals surface area (Å²) in [6, 6.07) is 8.37. The minimum Gasteiger partial charge on any atom is -0.784 e. The number of aryl methyl sites for hydroxylation is 2. The van der Waals surface area contributed by atoms with Crippen LogP contribution in [0.1, 0.15) is 33.4 Å². The molecule has 24 heavy (non-hydrogen) atoms. The third-order valence-corrected chi connectivity index (χ3v) is 4.34. The highest BCUT2D eigenvalue weighted by molar-refractivity contribution is 7.72. The molecule has 0 radical (unpaired) electrons. The van der Waals surface area contributed by atoms with E-state index in [1.54, 1.807) is 0 Å². The van der Waals surface area contributed by atoms with Gasteiger partial charge in [-0.05, 0) is 75.9 Å². The van der Waals surface area contributed by atoms with Crippen molar-refractivity contribution >= 4 is 22.7 Å². The van der Waals surface area contributed by atoms with E-state index >= 15 is 0 Å². The number of hydrogen-bond donors (Lipinski definition) is 2. The van der Waals surface area contributed by atoms with Crippen LogP contribution in [0.5, 0.6) is 0 Å². The van der Waals surface area contributed by atoms with E-state index in [-0.39, 0.29) is 0 Å². The van der Waals surface area contributed by atoms with E-state index in [0.29, 0.717) is 0 Å². The molecule has 0 heterocycles. The van der Waals surface area contributed by atoms with E-state index in [0.717, 1.165) is 11.4 Å². The van der Waals surface area contributed by atoms with Crippen LogP contribution >= 0.6 is 0 Å². The van der Waals surface area contributed by atoms with Gasteiger partial charge in [0.2, 0.25) is 0 Å². The largest absolute Gasteiger partial charge is 0.784 e. The normalized spacial score (nSPS) is 9.79. The standard InChI is InChI=1S/2C9H13N.H2O3S/c2*1-6-4-5-9(10)8(3)7(6)2;1-4(2)3/h2*4-5H,10H2,1-3H3;(H2,1,2,3). The molecule has 2 rings (SSSR count). The predicted molar refractivity (Wildman–Crippen MR) is 96.1 cm³/mol. The van der Waals surface area contributed by atoms with Crippen molar-refractivity contribution in [2.24, 2.45) is 0 Å². The highest BCUT2D eigenvalue weighted by atomic mass is 32.2. The Morgan fingerprint density at radius 2 is 0.917 bits per heavy atom. The van der Waals surface area contributed by atoms with Crippen LogP contribution in [0.15, 0.2) is 24.3 Å². The second kappa shape index (κ2) is 10.3. The second-order valence-corrected chi connectivity index (χ2v) is 6.20. The first-order valence-corrected chi connectivity index (χ1v) is 8.53. The SMILES string of the molecule is Cc1ccc([NH3+])c(C)c1C.Cc1ccc([NH3+])c(C)c1C.O=S([O-])[O-]. The van der Waals surface area contributed by atoms with E-state index in [2.05, 4.69) is 77.3 Å². The van der Waals surface area contributed by atoms with Gasteiger partial charge in [0.1, 0.15) is 11.4 Å². The summed E-state index contributed by atoms with van der Waals surface area (Å²) >= 11 is -3.11. The third-order valence-electron chi connectivity index (χ3n) is 4.34. The van der Waals surface area contributed by atoms with Gasteiger partial charge in [0, 0.05) is 11.1 Å². The van der Waals surface area contributed by atoms with Crippen molar-refractivity contribution in [3.05, 3.63) is 57.6 Å². The lowest BCUT2D eigenvalue weighted by atomic mass is 10.0. The summed E-state index contributed by atoms with van der Waals surface area (Å²) in [6.45, 7) is 12.8. The summed E-state index contributed by atoms with van der Waals surface area (Å²) in [6.07, 6.45) is 0. The maximum absolute atomic E-state index is 8.44.